The highest BCUT2D eigenvalue weighted by Crippen LogP contribution is 2.32. The molecule has 1 atom stereocenters. The SMILES string of the molecule is CCCN(C=O)C(CC)(C(=O)O)c1ccc(C)cc1. The van der Waals surface area contributed by atoms with Crippen molar-refractivity contribution >= 4 is 12.4 Å². The van der Waals surface area contributed by atoms with Gasteiger partial charge < -0.3 is 10.0 Å². The third-order valence-corrected chi connectivity index (χ3v) is 3.48. The number of benzene rings is 1. The predicted molar refractivity (Wildman–Crippen MR) is 73.8 cm³/mol. The highest BCUT2D eigenvalue weighted by atomic mass is 16.4. The maximum Gasteiger partial charge on any atom is 0.334 e. The Kier molecular flexibility index (Phi) is 5.10. The van der Waals surface area contributed by atoms with Crippen molar-refractivity contribution in [3.63, 3.8) is 0 Å². The molecule has 1 aromatic rings. The molecule has 0 radical (unpaired) electrons. The molecule has 19 heavy (non-hydrogen) atoms. The van der Waals surface area contributed by atoms with Crippen molar-refractivity contribution in [2.24, 2.45) is 0 Å². The van der Waals surface area contributed by atoms with Gasteiger partial charge in [0.2, 0.25) is 6.41 Å². The molecule has 0 aliphatic rings. The first-order valence-electron chi connectivity index (χ1n) is 6.55. The highest BCUT2D eigenvalue weighted by molar-refractivity contribution is 5.83. The van der Waals surface area contributed by atoms with Gasteiger partial charge in [0.25, 0.3) is 0 Å². The van der Waals surface area contributed by atoms with Crippen LogP contribution in [0.5, 0.6) is 0 Å². The second-order valence-electron chi connectivity index (χ2n) is 4.68. The Hall–Kier alpha value is -1.84. The Morgan fingerprint density at radius 3 is 2.26 bits per heavy atom. The number of amides is 1. The predicted octanol–water partition coefficient (Wildman–Crippen LogP) is 2.55. The second kappa shape index (κ2) is 6.36. The molecular weight excluding hydrogens is 242 g/mol. The normalized spacial score (nSPS) is 13.6. The molecule has 0 saturated carbocycles. The summed E-state index contributed by atoms with van der Waals surface area (Å²) >= 11 is 0. The van der Waals surface area contributed by atoms with Crippen LogP contribution < -0.4 is 0 Å². The van der Waals surface area contributed by atoms with Crippen LogP contribution in [0.2, 0.25) is 0 Å². The van der Waals surface area contributed by atoms with Crippen LogP contribution in [0.15, 0.2) is 24.3 Å². The van der Waals surface area contributed by atoms with Gasteiger partial charge >= 0.3 is 5.97 Å². The first kappa shape index (κ1) is 15.2. The van der Waals surface area contributed by atoms with E-state index in [4.69, 9.17) is 0 Å². The summed E-state index contributed by atoms with van der Waals surface area (Å²) in [6.07, 6.45) is 1.70. The second-order valence-corrected chi connectivity index (χ2v) is 4.68. The minimum absolute atomic E-state index is 0.337. The average molecular weight is 263 g/mol. The standard InChI is InChI=1S/C15H21NO3/c1-4-10-16(11-17)15(5-2,14(18)19)13-8-6-12(3)7-9-13/h6-9,11H,4-5,10H2,1-3H3,(H,18,19). The Morgan fingerprint density at radius 1 is 1.32 bits per heavy atom. The van der Waals surface area contributed by atoms with Crippen molar-refractivity contribution in [3.05, 3.63) is 35.4 Å². The van der Waals surface area contributed by atoms with Crippen LogP contribution in [0.4, 0.5) is 0 Å². The van der Waals surface area contributed by atoms with Gasteiger partial charge in [-0.2, -0.15) is 0 Å². The average Bonchev–Trinajstić information content (AvgIpc) is 2.40. The van der Waals surface area contributed by atoms with Crippen molar-refractivity contribution < 1.29 is 14.7 Å². The molecule has 1 N–H and O–H groups in total. The van der Waals surface area contributed by atoms with E-state index >= 15 is 0 Å². The monoisotopic (exact) mass is 263 g/mol. The number of aryl methyl sites for hydroxylation is 1. The summed E-state index contributed by atoms with van der Waals surface area (Å²) in [5, 5.41) is 9.67. The smallest absolute Gasteiger partial charge is 0.334 e. The van der Waals surface area contributed by atoms with Gasteiger partial charge in [0.15, 0.2) is 5.54 Å². The molecule has 0 spiro atoms. The van der Waals surface area contributed by atoms with E-state index in [1.807, 2.05) is 26.0 Å². The summed E-state index contributed by atoms with van der Waals surface area (Å²) in [5.41, 5.74) is 0.437. The first-order chi connectivity index (χ1) is 9.02. The fourth-order valence-electron chi connectivity index (χ4n) is 2.37. The Labute approximate surface area is 114 Å². The summed E-state index contributed by atoms with van der Waals surface area (Å²) in [5.74, 6) is -0.987. The molecule has 0 aliphatic carbocycles. The maximum absolute atomic E-state index is 11.8. The van der Waals surface area contributed by atoms with Crippen LogP contribution in [-0.4, -0.2) is 28.9 Å². The molecule has 0 aromatic heterocycles. The van der Waals surface area contributed by atoms with Crippen LogP contribution in [0.1, 0.15) is 37.8 Å². The number of rotatable bonds is 7. The van der Waals surface area contributed by atoms with Crippen LogP contribution in [0.25, 0.3) is 0 Å². The molecule has 1 aromatic carbocycles. The number of carboxylic acids is 1. The lowest BCUT2D eigenvalue weighted by Gasteiger charge is -2.38. The van der Waals surface area contributed by atoms with Gasteiger partial charge in [0, 0.05) is 6.54 Å². The fourth-order valence-corrected chi connectivity index (χ4v) is 2.37. The Balaban J connectivity index is 3.36. The molecule has 104 valence electrons. The van der Waals surface area contributed by atoms with Crippen molar-refractivity contribution in [1.82, 2.24) is 4.90 Å². The summed E-state index contributed by atoms with van der Waals surface area (Å²) in [4.78, 5) is 24.5. The molecule has 0 fully saturated rings. The number of nitrogens with zero attached hydrogens (tertiary/aromatic N) is 1. The Bertz CT molecular complexity index is 441. The van der Waals surface area contributed by atoms with E-state index in [-0.39, 0.29) is 0 Å². The highest BCUT2D eigenvalue weighted by Gasteiger charge is 2.43. The van der Waals surface area contributed by atoms with E-state index in [1.54, 1.807) is 19.1 Å². The summed E-state index contributed by atoms with van der Waals surface area (Å²) in [7, 11) is 0. The van der Waals surface area contributed by atoms with Crippen molar-refractivity contribution in [2.45, 2.75) is 39.2 Å². The number of hydrogen-bond donors (Lipinski definition) is 1. The Morgan fingerprint density at radius 2 is 1.89 bits per heavy atom. The first-order valence-corrected chi connectivity index (χ1v) is 6.55. The third-order valence-electron chi connectivity index (χ3n) is 3.48. The van der Waals surface area contributed by atoms with Gasteiger partial charge in [0.1, 0.15) is 0 Å². The van der Waals surface area contributed by atoms with Gasteiger partial charge in [-0.25, -0.2) is 4.79 Å². The van der Waals surface area contributed by atoms with Crippen molar-refractivity contribution in [2.75, 3.05) is 6.54 Å². The van der Waals surface area contributed by atoms with Gasteiger partial charge in [-0.05, 0) is 25.3 Å². The van der Waals surface area contributed by atoms with E-state index in [0.717, 1.165) is 12.0 Å². The molecule has 1 rings (SSSR count). The molecule has 0 heterocycles. The quantitative estimate of drug-likeness (QED) is 0.769. The largest absolute Gasteiger partial charge is 0.479 e. The van der Waals surface area contributed by atoms with Crippen LogP contribution in [0.3, 0.4) is 0 Å². The molecule has 1 unspecified atom stereocenters. The van der Waals surface area contributed by atoms with E-state index < -0.39 is 11.5 Å². The third kappa shape index (κ3) is 2.78. The molecule has 0 bridgehead atoms. The lowest BCUT2D eigenvalue weighted by atomic mass is 9.85. The van der Waals surface area contributed by atoms with Gasteiger partial charge in [0.05, 0.1) is 0 Å². The fraction of sp³-hybridized carbons (Fsp3) is 0.467. The summed E-state index contributed by atoms with van der Waals surface area (Å²) in [6.45, 7) is 6.09. The van der Waals surface area contributed by atoms with E-state index in [1.165, 1.54) is 4.90 Å². The van der Waals surface area contributed by atoms with Crippen molar-refractivity contribution in [3.8, 4) is 0 Å². The number of carboxylic acid groups (broad SMARTS) is 1. The van der Waals surface area contributed by atoms with Gasteiger partial charge in [-0.3, -0.25) is 4.79 Å². The lowest BCUT2D eigenvalue weighted by Crippen LogP contribution is -2.51. The number of aliphatic carboxylic acids is 1. The van der Waals surface area contributed by atoms with E-state index in [0.29, 0.717) is 24.9 Å². The maximum atomic E-state index is 11.8. The molecule has 0 saturated heterocycles. The summed E-state index contributed by atoms with van der Waals surface area (Å²) < 4.78 is 0. The zero-order valence-electron chi connectivity index (χ0n) is 11.7. The zero-order chi connectivity index (χ0) is 14.5. The molecule has 0 aliphatic heterocycles. The van der Waals surface area contributed by atoms with E-state index in [9.17, 15) is 14.7 Å². The number of carbonyl (C=O) groups excluding carboxylic acids is 1. The molecule has 1 amide bonds. The summed E-state index contributed by atoms with van der Waals surface area (Å²) in [6, 6.07) is 7.33. The minimum Gasteiger partial charge on any atom is -0.479 e. The minimum atomic E-state index is -1.27. The lowest BCUT2D eigenvalue weighted by molar-refractivity contribution is -0.156. The molecule has 4 nitrogen and oxygen atoms in total. The van der Waals surface area contributed by atoms with Gasteiger partial charge in [-0.15, -0.1) is 0 Å². The van der Waals surface area contributed by atoms with Gasteiger partial charge in [-0.1, -0.05) is 43.7 Å². The van der Waals surface area contributed by atoms with Crippen LogP contribution >= 0.6 is 0 Å². The number of hydrogen-bond acceptors (Lipinski definition) is 2. The zero-order valence-corrected chi connectivity index (χ0v) is 11.7. The van der Waals surface area contributed by atoms with Crippen molar-refractivity contribution in [1.29, 1.82) is 0 Å². The van der Waals surface area contributed by atoms with Crippen LogP contribution in [0, 0.1) is 6.92 Å². The van der Waals surface area contributed by atoms with Crippen LogP contribution in [-0.2, 0) is 15.1 Å². The molecule has 4 heteroatoms. The van der Waals surface area contributed by atoms with E-state index in [2.05, 4.69) is 0 Å². The molecular formula is C15H21NO3. The topological polar surface area (TPSA) is 57.6 Å². The number of carbonyl (C=O) groups is 2.